The molecule has 0 aliphatic heterocycles. The topological polar surface area (TPSA) is 93.7 Å². The number of esters is 1. The van der Waals surface area contributed by atoms with Crippen LogP contribution in [0.4, 0.5) is 14.9 Å². The summed E-state index contributed by atoms with van der Waals surface area (Å²) in [5, 5.41) is 4.14. The molecule has 0 spiro atoms. The summed E-state index contributed by atoms with van der Waals surface area (Å²) in [6, 6.07) is 19.8. The highest BCUT2D eigenvalue weighted by molar-refractivity contribution is 6.02. The Morgan fingerprint density at radius 2 is 1.50 bits per heavy atom. The third-order valence-corrected chi connectivity index (χ3v) is 3.79. The maximum Gasteiger partial charge on any atom is 0.342 e. The minimum Gasteiger partial charge on any atom is -0.456 e. The lowest BCUT2D eigenvalue weighted by molar-refractivity contribution is -0.123. The van der Waals surface area contributed by atoms with E-state index < -0.39 is 30.3 Å². The van der Waals surface area contributed by atoms with Crippen LogP contribution in [0.2, 0.25) is 0 Å². The number of rotatable bonds is 6. The second-order valence-corrected chi connectivity index (χ2v) is 5.97. The largest absolute Gasteiger partial charge is 0.456 e. The second kappa shape index (κ2) is 9.83. The van der Waals surface area contributed by atoms with Crippen molar-refractivity contribution in [2.75, 3.05) is 11.9 Å². The molecule has 7 nitrogen and oxygen atoms in total. The normalized spacial score (nSPS) is 10.0. The number of halogens is 1. The van der Waals surface area contributed by atoms with Crippen molar-refractivity contribution < 1.29 is 28.2 Å². The van der Waals surface area contributed by atoms with Crippen molar-refractivity contribution in [1.82, 2.24) is 5.32 Å². The number of carbonyl (C=O) groups excluding carboxylic acids is 3. The zero-order chi connectivity index (χ0) is 21.3. The summed E-state index contributed by atoms with van der Waals surface area (Å²) in [6.07, 6.45) is 0. The Morgan fingerprint density at radius 3 is 2.27 bits per heavy atom. The van der Waals surface area contributed by atoms with E-state index >= 15 is 0 Å². The lowest BCUT2D eigenvalue weighted by Crippen LogP contribution is -2.37. The average Bonchev–Trinajstić information content (AvgIpc) is 2.75. The van der Waals surface area contributed by atoms with Gasteiger partial charge in [0, 0.05) is 0 Å². The van der Waals surface area contributed by atoms with Crippen LogP contribution in [0.3, 0.4) is 0 Å². The maximum absolute atomic E-state index is 13.5. The van der Waals surface area contributed by atoms with Crippen molar-refractivity contribution >= 4 is 23.6 Å². The van der Waals surface area contributed by atoms with Crippen LogP contribution in [-0.2, 0) is 9.53 Å². The summed E-state index contributed by atoms with van der Waals surface area (Å²) in [6.45, 7) is -0.705. The molecule has 0 saturated carbocycles. The number of imide groups is 1. The van der Waals surface area contributed by atoms with E-state index in [1.165, 1.54) is 24.3 Å². The van der Waals surface area contributed by atoms with E-state index in [-0.39, 0.29) is 17.0 Å². The predicted octanol–water partition coefficient (Wildman–Crippen LogP) is 4.12. The van der Waals surface area contributed by atoms with E-state index in [1.807, 2.05) is 11.4 Å². The lowest BCUT2D eigenvalue weighted by Gasteiger charge is -2.11. The molecule has 3 rings (SSSR count). The van der Waals surface area contributed by atoms with Crippen LogP contribution >= 0.6 is 0 Å². The minimum atomic E-state index is -0.950. The van der Waals surface area contributed by atoms with Crippen molar-refractivity contribution in [3.8, 4) is 11.5 Å². The van der Waals surface area contributed by atoms with Gasteiger partial charge in [-0.25, -0.2) is 14.0 Å². The summed E-state index contributed by atoms with van der Waals surface area (Å²) in [5.41, 5.74) is 0.0248. The van der Waals surface area contributed by atoms with Gasteiger partial charge in [-0.3, -0.25) is 10.1 Å². The molecule has 8 heteroatoms. The molecule has 3 aromatic rings. The van der Waals surface area contributed by atoms with Crippen molar-refractivity contribution in [1.29, 1.82) is 0 Å². The second-order valence-electron chi connectivity index (χ2n) is 5.97. The Balaban J connectivity index is 1.55. The van der Waals surface area contributed by atoms with E-state index in [2.05, 4.69) is 5.32 Å². The zero-order valence-electron chi connectivity index (χ0n) is 15.6. The Bertz CT molecular complexity index is 1060. The zero-order valence-corrected chi connectivity index (χ0v) is 15.6. The molecule has 0 aromatic heterocycles. The number of carbonyl (C=O) groups is 3. The summed E-state index contributed by atoms with van der Waals surface area (Å²) >= 11 is 0. The predicted molar refractivity (Wildman–Crippen MR) is 107 cm³/mol. The van der Waals surface area contributed by atoms with E-state index in [0.29, 0.717) is 5.75 Å². The SMILES string of the molecule is O=C(COC(=O)c1ccccc1Oc1ccccc1)NC(=O)Nc1ccccc1F. The Labute approximate surface area is 171 Å². The molecule has 0 atom stereocenters. The summed E-state index contributed by atoms with van der Waals surface area (Å²) in [7, 11) is 0. The van der Waals surface area contributed by atoms with Gasteiger partial charge < -0.3 is 14.8 Å². The van der Waals surface area contributed by atoms with E-state index in [0.717, 1.165) is 6.07 Å². The van der Waals surface area contributed by atoms with Gasteiger partial charge in [-0.1, -0.05) is 42.5 Å². The number of hydrogen-bond donors (Lipinski definition) is 2. The van der Waals surface area contributed by atoms with Gasteiger partial charge in [-0.2, -0.15) is 0 Å². The van der Waals surface area contributed by atoms with Crippen LogP contribution in [0.5, 0.6) is 11.5 Å². The molecular formula is C22H17FN2O5. The Morgan fingerprint density at radius 1 is 0.833 bits per heavy atom. The molecule has 0 bridgehead atoms. The van der Waals surface area contributed by atoms with Gasteiger partial charge in [0.2, 0.25) is 0 Å². The van der Waals surface area contributed by atoms with Gasteiger partial charge in [-0.05, 0) is 36.4 Å². The minimum absolute atomic E-state index is 0.0909. The Kier molecular flexibility index (Phi) is 6.73. The van der Waals surface area contributed by atoms with Gasteiger partial charge in [0.1, 0.15) is 22.9 Å². The van der Waals surface area contributed by atoms with E-state index in [1.54, 1.807) is 42.5 Å². The molecule has 0 aliphatic rings. The van der Waals surface area contributed by atoms with Crippen LogP contribution in [0.25, 0.3) is 0 Å². The lowest BCUT2D eigenvalue weighted by atomic mass is 10.2. The van der Waals surface area contributed by atoms with Crippen LogP contribution < -0.4 is 15.4 Å². The molecule has 2 N–H and O–H groups in total. The molecular weight excluding hydrogens is 391 g/mol. The number of para-hydroxylation sites is 3. The molecule has 0 unspecified atom stereocenters. The first-order valence-electron chi connectivity index (χ1n) is 8.87. The fourth-order valence-electron chi connectivity index (χ4n) is 2.43. The molecule has 0 saturated heterocycles. The fourth-order valence-corrected chi connectivity index (χ4v) is 2.43. The van der Waals surface area contributed by atoms with E-state index in [4.69, 9.17) is 9.47 Å². The number of nitrogens with one attached hydrogen (secondary N) is 2. The van der Waals surface area contributed by atoms with Gasteiger partial charge in [-0.15, -0.1) is 0 Å². The molecule has 30 heavy (non-hydrogen) atoms. The molecule has 0 heterocycles. The maximum atomic E-state index is 13.5. The van der Waals surface area contributed by atoms with Crippen LogP contribution in [0.1, 0.15) is 10.4 Å². The number of benzene rings is 3. The number of amides is 3. The molecule has 3 aromatic carbocycles. The summed E-state index contributed by atoms with van der Waals surface area (Å²) < 4.78 is 24.2. The molecule has 152 valence electrons. The van der Waals surface area contributed by atoms with Crippen LogP contribution in [0.15, 0.2) is 78.9 Å². The van der Waals surface area contributed by atoms with Gasteiger partial charge in [0.25, 0.3) is 5.91 Å². The number of anilines is 1. The first kappa shape index (κ1) is 20.5. The third-order valence-electron chi connectivity index (χ3n) is 3.79. The van der Waals surface area contributed by atoms with Crippen molar-refractivity contribution in [2.24, 2.45) is 0 Å². The number of urea groups is 1. The highest BCUT2D eigenvalue weighted by Gasteiger charge is 2.17. The van der Waals surface area contributed by atoms with Crippen molar-refractivity contribution in [2.45, 2.75) is 0 Å². The van der Waals surface area contributed by atoms with Gasteiger partial charge in [0.05, 0.1) is 5.69 Å². The highest BCUT2D eigenvalue weighted by Crippen LogP contribution is 2.25. The first-order chi connectivity index (χ1) is 14.5. The smallest absolute Gasteiger partial charge is 0.342 e. The fraction of sp³-hybridized carbons (Fsp3) is 0.0455. The number of hydrogen-bond acceptors (Lipinski definition) is 5. The molecule has 0 radical (unpaired) electrons. The first-order valence-corrected chi connectivity index (χ1v) is 8.87. The van der Waals surface area contributed by atoms with Gasteiger partial charge >= 0.3 is 12.0 Å². The van der Waals surface area contributed by atoms with Crippen LogP contribution in [0, 0.1) is 5.82 Å². The average molecular weight is 408 g/mol. The molecule has 3 amide bonds. The Hall–Kier alpha value is -4.20. The van der Waals surface area contributed by atoms with Gasteiger partial charge in [0.15, 0.2) is 6.61 Å². The molecule has 0 fully saturated rings. The van der Waals surface area contributed by atoms with E-state index in [9.17, 15) is 18.8 Å². The summed E-state index contributed by atoms with van der Waals surface area (Å²) in [4.78, 5) is 36.0. The third kappa shape index (κ3) is 5.65. The monoisotopic (exact) mass is 408 g/mol. The summed E-state index contributed by atoms with van der Waals surface area (Å²) in [5.74, 6) is -1.54. The quantitative estimate of drug-likeness (QED) is 0.599. The standard InChI is InChI=1S/C22H17FN2O5/c23-17-11-5-6-12-18(17)24-22(28)25-20(26)14-29-21(27)16-10-4-7-13-19(16)30-15-8-2-1-3-9-15/h1-13H,14H2,(H2,24,25,26,28). The van der Waals surface area contributed by atoms with Crippen molar-refractivity contribution in [3.63, 3.8) is 0 Å². The van der Waals surface area contributed by atoms with Crippen LogP contribution in [-0.4, -0.2) is 24.5 Å². The number of ether oxygens (including phenoxy) is 2. The molecule has 0 aliphatic carbocycles. The van der Waals surface area contributed by atoms with Crippen molar-refractivity contribution in [3.05, 3.63) is 90.2 Å². The highest BCUT2D eigenvalue weighted by atomic mass is 19.1.